The molecule has 0 saturated carbocycles. The summed E-state index contributed by atoms with van der Waals surface area (Å²) >= 11 is 0. The van der Waals surface area contributed by atoms with Crippen LogP contribution in [0.15, 0.2) is 90.0 Å². The molecule has 0 amide bonds. The third-order valence-corrected chi connectivity index (χ3v) is 8.48. The van der Waals surface area contributed by atoms with Gasteiger partial charge in [0, 0.05) is 29.4 Å². The van der Waals surface area contributed by atoms with Crippen molar-refractivity contribution < 1.29 is 22.3 Å². The quantitative estimate of drug-likeness (QED) is 0.145. The SMILES string of the molecule is Cc1ccc(S(=O)(=O)[O-])cc1.Cc1cccc(OCCc2ccccn2)c1[N+]1=CN(c2c(C(C)C)cccc2C(C)C)CC1. The first-order valence-electron chi connectivity index (χ1n) is 15.1. The van der Waals surface area contributed by atoms with Gasteiger partial charge in [-0.15, -0.1) is 0 Å². The van der Waals surface area contributed by atoms with Gasteiger partial charge in [0.15, 0.2) is 11.4 Å². The lowest BCUT2D eigenvalue weighted by atomic mass is 9.92. The van der Waals surface area contributed by atoms with E-state index in [1.54, 1.807) is 12.1 Å². The van der Waals surface area contributed by atoms with E-state index in [1.165, 1.54) is 34.5 Å². The summed E-state index contributed by atoms with van der Waals surface area (Å²) in [5, 5.41) is 0. The topological polar surface area (TPSA) is 85.6 Å². The minimum atomic E-state index is -4.27. The van der Waals surface area contributed by atoms with Crippen molar-refractivity contribution in [2.75, 3.05) is 24.6 Å². The minimum absolute atomic E-state index is 0.178. The number of hydrogen-bond donors (Lipinski definition) is 0. The van der Waals surface area contributed by atoms with Gasteiger partial charge in [0.1, 0.15) is 28.9 Å². The molecule has 0 radical (unpaired) electrons. The summed E-state index contributed by atoms with van der Waals surface area (Å²) in [6, 6.07) is 24.9. The highest BCUT2D eigenvalue weighted by Gasteiger charge is 2.30. The monoisotopic (exact) mass is 613 g/mol. The Labute approximate surface area is 262 Å². The fraction of sp³-hybridized carbons (Fsp3) is 0.333. The zero-order chi connectivity index (χ0) is 31.9. The molecule has 0 saturated heterocycles. The number of aryl methyl sites for hydroxylation is 2. The van der Waals surface area contributed by atoms with Crippen LogP contribution in [-0.4, -0.2) is 48.6 Å². The van der Waals surface area contributed by atoms with Crippen molar-refractivity contribution in [3.63, 3.8) is 0 Å². The second-order valence-electron chi connectivity index (χ2n) is 11.7. The maximum Gasteiger partial charge on any atom is 0.244 e. The number of nitrogens with zero attached hydrogens (tertiary/aromatic N) is 3. The van der Waals surface area contributed by atoms with Gasteiger partial charge < -0.3 is 9.29 Å². The Balaban J connectivity index is 0.000000339. The predicted octanol–water partition coefficient (Wildman–Crippen LogP) is 7.35. The molecule has 0 unspecified atom stereocenters. The molecule has 0 spiro atoms. The van der Waals surface area contributed by atoms with Crippen LogP contribution in [0.1, 0.15) is 67.5 Å². The summed E-state index contributed by atoms with van der Waals surface area (Å²) in [6.45, 7) is 15.6. The number of aromatic nitrogens is 1. The summed E-state index contributed by atoms with van der Waals surface area (Å²) in [5.74, 6) is 1.89. The Morgan fingerprint density at radius 1 is 0.886 bits per heavy atom. The van der Waals surface area contributed by atoms with Crippen LogP contribution in [0, 0.1) is 13.8 Å². The van der Waals surface area contributed by atoms with Crippen molar-refractivity contribution in [2.24, 2.45) is 0 Å². The number of benzene rings is 3. The molecule has 0 N–H and O–H groups in total. The molecule has 1 aliphatic heterocycles. The van der Waals surface area contributed by atoms with Gasteiger partial charge in [-0.1, -0.05) is 81.8 Å². The number of rotatable bonds is 9. The first-order chi connectivity index (χ1) is 21.0. The van der Waals surface area contributed by atoms with Crippen LogP contribution in [0.3, 0.4) is 0 Å². The van der Waals surface area contributed by atoms with E-state index in [0.29, 0.717) is 18.4 Å². The third kappa shape index (κ3) is 8.33. The van der Waals surface area contributed by atoms with Gasteiger partial charge in [0.05, 0.1) is 11.5 Å². The van der Waals surface area contributed by atoms with E-state index in [1.807, 2.05) is 31.3 Å². The van der Waals surface area contributed by atoms with E-state index >= 15 is 0 Å². The fourth-order valence-corrected chi connectivity index (χ4v) is 5.78. The lowest BCUT2D eigenvalue weighted by Crippen LogP contribution is -2.22. The van der Waals surface area contributed by atoms with Crippen molar-refractivity contribution in [1.29, 1.82) is 0 Å². The van der Waals surface area contributed by atoms with E-state index < -0.39 is 10.1 Å². The number of ether oxygens (including phenoxy) is 1. The summed E-state index contributed by atoms with van der Waals surface area (Å²) < 4.78 is 39.8. The van der Waals surface area contributed by atoms with Crippen LogP contribution in [0.25, 0.3) is 0 Å². The van der Waals surface area contributed by atoms with Gasteiger partial charge in [0.2, 0.25) is 6.34 Å². The summed E-state index contributed by atoms with van der Waals surface area (Å²) in [5.41, 5.74) is 8.57. The Hall–Kier alpha value is -4.01. The van der Waals surface area contributed by atoms with Crippen molar-refractivity contribution in [3.05, 3.63) is 113 Å². The summed E-state index contributed by atoms with van der Waals surface area (Å²) in [4.78, 5) is 6.67. The Kier molecular flexibility index (Phi) is 10.9. The molecule has 0 atom stereocenters. The van der Waals surface area contributed by atoms with E-state index in [9.17, 15) is 13.0 Å². The van der Waals surface area contributed by atoms with Crippen molar-refractivity contribution >= 4 is 27.8 Å². The number of anilines is 1. The second kappa shape index (κ2) is 14.6. The van der Waals surface area contributed by atoms with Crippen molar-refractivity contribution in [2.45, 2.75) is 64.7 Å². The zero-order valence-electron chi connectivity index (χ0n) is 26.5. The summed E-state index contributed by atoms with van der Waals surface area (Å²) in [7, 11) is -4.27. The molecule has 5 rings (SSSR count). The molecule has 232 valence electrons. The standard InChI is InChI=1S/C29H36N3O.C7H8O3S/c1-21(2)25-12-9-13-26(22(3)4)29(25)32-18-17-31(20-32)28-23(5)10-8-14-27(28)33-19-15-24-11-6-7-16-30-24;1-6-2-4-7(5-3-6)11(8,9)10/h6-14,16,20-22H,15,17-19H2,1-5H3;2-5H,1H3,(H,8,9,10)/q+1;/p-1. The average Bonchev–Trinajstić information content (AvgIpc) is 3.47. The highest BCUT2D eigenvalue weighted by Crippen LogP contribution is 2.37. The molecule has 3 aromatic carbocycles. The Bertz CT molecular complexity index is 1660. The molecule has 2 heterocycles. The van der Waals surface area contributed by atoms with Crippen LogP contribution in [0.5, 0.6) is 5.75 Å². The average molecular weight is 614 g/mol. The first kappa shape index (κ1) is 32.9. The molecule has 0 bridgehead atoms. The van der Waals surface area contributed by atoms with Gasteiger partial charge in [0.25, 0.3) is 0 Å². The van der Waals surface area contributed by atoms with Crippen LogP contribution in [0.2, 0.25) is 0 Å². The predicted molar refractivity (Wildman–Crippen MR) is 177 cm³/mol. The number of para-hydroxylation sites is 2. The van der Waals surface area contributed by atoms with Crippen LogP contribution in [0.4, 0.5) is 11.4 Å². The Morgan fingerprint density at radius 2 is 1.55 bits per heavy atom. The lowest BCUT2D eigenvalue weighted by molar-refractivity contribution is -0.425. The zero-order valence-corrected chi connectivity index (χ0v) is 27.3. The number of hydrogen-bond acceptors (Lipinski definition) is 6. The van der Waals surface area contributed by atoms with Crippen LogP contribution >= 0.6 is 0 Å². The molecule has 7 nitrogen and oxygen atoms in total. The molecular weight excluding hydrogens is 570 g/mol. The van der Waals surface area contributed by atoms with Gasteiger partial charge in [-0.05, 0) is 61.6 Å². The van der Waals surface area contributed by atoms with Crippen molar-refractivity contribution in [1.82, 2.24) is 4.98 Å². The third-order valence-electron chi connectivity index (χ3n) is 7.63. The largest absolute Gasteiger partial charge is 0.744 e. The molecule has 0 aliphatic carbocycles. The van der Waals surface area contributed by atoms with Gasteiger partial charge in [-0.3, -0.25) is 4.98 Å². The lowest BCUT2D eigenvalue weighted by Gasteiger charge is -2.20. The highest BCUT2D eigenvalue weighted by molar-refractivity contribution is 7.85. The van der Waals surface area contributed by atoms with Crippen LogP contribution in [-0.2, 0) is 16.5 Å². The maximum absolute atomic E-state index is 10.4. The number of pyridine rings is 1. The Morgan fingerprint density at radius 3 is 2.14 bits per heavy atom. The maximum atomic E-state index is 10.4. The second-order valence-corrected chi connectivity index (χ2v) is 13.1. The molecule has 8 heteroatoms. The molecule has 44 heavy (non-hydrogen) atoms. The molecule has 0 fully saturated rings. The normalized spacial score (nSPS) is 13.1. The minimum Gasteiger partial charge on any atom is -0.744 e. The van der Waals surface area contributed by atoms with Crippen LogP contribution < -0.4 is 9.64 Å². The first-order valence-corrected chi connectivity index (χ1v) is 16.5. The molecule has 1 aliphatic rings. The van der Waals surface area contributed by atoms with E-state index in [2.05, 4.69) is 91.8 Å². The van der Waals surface area contributed by atoms with Gasteiger partial charge >= 0.3 is 0 Å². The van der Waals surface area contributed by atoms with E-state index in [4.69, 9.17) is 4.74 Å². The van der Waals surface area contributed by atoms with Gasteiger partial charge in [-0.25, -0.2) is 17.9 Å². The molecule has 4 aromatic rings. The van der Waals surface area contributed by atoms with Gasteiger partial charge in [-0.2, -0.15) is 0 Å². The van der Waals surface area contributed by atoms with E-state index in [0.717, 1.165) is 42.2 Å². The van der Waals surface area contributed by atoms with E-state index in [-0.39, 0.29) is 4.90 Å². The molecular formula is C36H43N3O4S. The van der Waals surface area contributed by atoms with Crippen molar-refractivity contribution in [3.8, 4) is 5.75 Å². The fourth-order valence-electron chi connectivity index (χ4n) is 5.31. The smallest absolute Gasteiger partial charge is 0.244 e. The highest BCUT2D eigenvalue weighted by atomic mass is 32.2. The molecule has 1 aromatic heterocycles. The summed E-state index contributed by atoms with van der Waals surface area (Å²) in [6.07, 6.45) is 4.91.